The second kappa shape index (κ2) is 6.67. The summed E-state index contributed by atoms with van der Waals surface area (Å²) in [4.78, 5) is 2.12. The largest absolute Gasteiger partial charge is 0.390 e. The van der Waals surface area contributed by atoms with Crippen LogP contribution in [0.5, 0.6) is 0 Å². The Morgan fingerprint density at radius 2 is 1.47 bits per heavy atom. The van der Waals surface area contributed by atoms with Crippen molar-refractivity contribution in [1.82, 2.24) is 4.90 Å². The van der Waals surface area contributed by atoms with Gasteiger partial charge in [-0.25, -0.2) is 0 Å². The van der Waals surface area contributed by atoms with Gasteiger partial charge in [-0.1, -0.05) is 13.8 Å². The predicted octanol–water partition coefficient (Wildman–Crippen LogP) is -0.526. The Hall–Kier alpha value is -0.360. The van der Waals surface area contributed by atoms with Crippen molar-refractivity contribution in [2.24, 2.45) is 29.1 Å². The van der Waals surface area contributed by atoms with Gasteiger partial charge in [-0.05, 0) is 51.4 Å². The first-order valence-corrected chi connectivity index (χ1v) is 14.0. The van der Waals surface area contributed by atoms with Crippen molar-refractivity contribution < 1.29 is 40.5 Å². The molecule has 0 aromatic rings. The number of aliphatic hydroxyl groups excluding tert-OH is 2. The van der Waals surface area contributed by atoms with Crippen molar-refractivity contribution in [1.29, 1.82) is 0 Å². The smallest absolute Gasteiger partial charge is 0.196 e. The Morgan fingerprint density at radius 1 is 0.778 bits per heavy atom. The molecule has 7 aliphatic rings. The molecule has 7 N–H and O–H groups in total. The van der Waals surface area contributed by atoms with Gasteiger partial charge in [0.1, 0.15) is 28.5 Å². The molecule has 0 amide bonds. The minimum absolute atomic E-state index is 0.0208. The molecule has 14 atom stereocenters. The zero-order valence-corrected chi connectivity index (χ0v) is 21.6. The van der Waals surface area contributed by atoms with Gasteiger partial charge in [-0.15, -0.1) is 0 Å². The number of rotatable bonds is 0. The second-order valence-electron chi connectivity index (χ2n) is 14.3. The van der Waals surface area contributed by atoms with E-state index in [9.17, 15) is 35.7 Å². The molecular formula is C27H43NO8. The highest BCUT2D eigenvalue weighted by atomic mass is 16.7. The lowest BCUT2D eigenvalue weighted by molar-refractivity contribution is -0.354. The van der Waals surface area contributed by atoms with Crippen LogP contribution >= 0.6 is 0 Å². The van der Waals surface area contributed by atoms with Crippen molar-refractivity contribution in [2.45, 2.75) is 124 Å². The molecule has 3 heterocycles. The maximum atomic E-state index is 12.7. The van der Waals surface area contributed by atoms with E-state index in [1.54, 1.807) is 6.92 Å². The summed E-state index contributed by atoms with van der Waals surface area (Å²) >= 11 is 0. The lowest BCUT2D eigenvalue weighted by Gasteiger charge is -2.68. The molecule has 1 spiro atoms. The maximum Gasteiger partial charge on any atom is 0.196 e. The topological polar surface area (TPSA) is 154 Å². The van der Waals surface area contributed by atoms with Crippen molar-refractivity contribution in [3.8, 4) is 0 Å². The number of hydrogen-bond acceptors (Lipinski definition) is 9. The van der Waals surface area contributed by atoms with Crippen LogP contribution in [0.15, 0.2) is 0 Å². The molecule has 0 unspecified atom stereocenters. The van der Waals surface area contributed by atoms with Crippen LogP contribution in [0.25, 0.3) is 0 Å². The lowest BCUT2D eigenvalue weighted by Crippen LogP contribution is -2.85. The fourth-order valence-corrected chi connectivity index (χ4v) is 11.3. The molecule has 4 aliphatic carbocycles. The molecular weight excluding hydrogens is 466 g/mol. The summed E-state index contributed by atoms with van der Waals surface area (Å²) in [5.41, 5.74) is -9.07. The molecule has 36 heavy (non-hydrogen) atoms. The van der Waals surface area contributed by atoms with E-state index in [1.807, 2.05) is 6.92 Å². The van der Waals surface area contributed by atoms with E-state index in [0.717, 1.165) is 6.42 Å². The maximum absolute atomic E-state index is 12.7. The van der Waals surface area contributed by atoms with Crippen LogP contribution in [-0.4, -0.2) is 106 Å². The molecule has 7 fully saturated rings. The van der Waals surface area contributed by atoms with Crippen LogP contribution in [-0.2, 0) is 4.74 Å². The molecule has 0 aromatic carbocycles. The van der Waals surface area contributed by atoms with Crippen LogP contribution < -0.4 is 0 Å². The second-order valence-corrected chi connectivity index (χ2v) is 14.3. The number of fused-ring (bicyclic) bond motifs is 5. The van der Waals surface area contributed by atoms with Gasteiger partial charge in [0.2, 0.25) is 0 Å². The van der Waals surface area contributed by atoms with E-state index in [0.29, 0.717) is 44.6 Å². The van der Waals surface area contributed by atoms with E-state index in [4.69, 9.17) is 4.74 Å². The first-order valence-electron chi connectivity index (χ1n) is 14.0. The summed E-state index contributed by atoms with van der Waals surface area (Å²) in [6.07, 6.45) is 0.752. The summed E-state index contributed by atoms with van der Waals surface area (Å²) in [5, 5.41) is 83.2. The predicted molar refractivity (Wildman–Crippen MR) is 126 cm³/mol. The Bertz CT molecular complexity index is 995. The molecule has 9 nitrogen and oxygen atoms in total. The van der Waals surface area contributed by atoms with E-state index in [-0.39, 0.29) is 31.3 Å². The summed E-state index contributed by atoms with van der Waals surface area (Å²) in [6, 6.07) is -0.360. The normalized spacial score (nSPS) is 68.0. The number of ether oxygens (including phenoxy) is 1. The summed E-state index contributed by atoms with van der Waals surface area (Å²) < 4.78 is 6.52. The van der Waals surface area contributed by atoms with Crippen LogP contribution in [0.1, 0.15) is 72.1 Å². The van der Waals surface area contributed by atoms with E-state index in [1.165, 1.54) is 0 Å². The highest BCUT2D eigenvalue weighted by Crippen LogP contribution is 2.78. The molecule has 204 valence electrons. The average molecular weight is 510 g/mol. The fraction of sp³-hybridized carbons (Fsp3) is 1.00. The van der Waals surface area contributed by atoms with Gasteiger partial charge >= 0.3 is 0 Å². The van der Waals surface area contributed by atoms with E-state index in [2.05, 4.69) is 11.8 Å². The Morgan fingerprint density at radius 3 is 2.19 bits per heavy atom. The van der Waals surface area contributed by atoms with E-state index < -0.39 is 63.3 Å². The van der Waals surface area contributed by atoms with Gasteiger partial charge in [0.15, 0.2) is 5.79 Å². The fourth-order valence-electron chi connectivity index (χ4n) is 11.3. The first kappa shape index (κ1) is 24.7. The molecule has 3 saturated heterocycles. The van der Waals surface area contributed by atoms with Gasteiger partial charge in [-0.3, -0.25) is 4.90 Å². The highest BCUT2D eigenvalue weighted by Gasteiger charge is 2.88. The minimum atomic E-state index is -2.02. The third-order valence-electron chi connectivity index (χ3n) is 13.1. The van der Waals surface area contributed by atoms with Crippen molar-refractivity contribution >= 4 is 0 Å². The van der Waals surface area contributed by atoms with Crippen LogP contribution in [0.3, 0.4) is 0 Å². The van der Waals surface area contributed by atoms with Gasteiger partial charge in [0, 0.05) is 55.1 Å². The lowest BCUT2D eigenvalue weighted by atomic mass is 9.49. The van der Waals surface area contributed by atoms with Gasteiger partial charge < -0.3 is 40.5 Å². The van der Waals surface area contributed by atoms with Gasteiger partial charge in [0.25, 0.3) is 0 Å². The third kappa shape index (κ3) is 2.27. The minimum Gasteiger partial charge on any atom is -0.390 e. The number of piperidine rings is 2. The average Bonchev–Trinajstić information content (AvgIpc) is 2.97. The number of aliphatic hydroxyl groups is 7. The molecule has 0 aromatic heterocycles. The zero-order valence-electron chi connectivity index (χ0n) is 21.6. The quantitative estimate of drug-likeness (QED) is 0.228. The number of hydrogen-bond donors (Lipinski definition) is 7. The summed E-state index contributed by atoms with van der Waals surface area (Å²) in [6.45, 7) is 6.70. The summed E-state index contributed by atoms with van der Waals surface area (Å²) in [5.74, 6) is -3.30. The van der Waals surface area contributed by atoms with Crippen LogP contribution in [0.4, 0.5) is 0 Å². The standard InChI is InChI=1S/C27H43NO8/c1-14-4-7-18-22(3,31)26(34)17(12-28(18)11-14)24(33)13-25-16(23(24,32)10-20(26)30)6-5-15-21(25,2)9-8-19(29)27(15,35)36-25/h14-20,29-35H,4-13H2,1-3H3/t14-,15-,16-,17-,18-,19+,20+,21-,22+,23-,24-,25+,26+,27-/m0/s1. The van der Waals surface area contributed by atoms with Crippen molar-refractivity contribution in [3.05, 3.63) is 0 Å². The van der Waals surface area contributed by atoms with Crippen LogP contribution in [0, 0.1) is 29.1 Å². The van der Waals surface area contributed by atoms with Crippen LogP contribution in [0.2, 0.25) is 0 Å². The van der Waals surface area contributed by atoms with Crippen molar-refractivity contribution in [2.75, 3.05) is 13.1 Å². The molecule has 3 aliphatic heterocycles. The SMILES string of the molecule is C[C@H]1CC[C@@H]2N(C1)C[C@@H]1[C@@](O)([C@H](O)C[C@]3(O)[C@@H]4CC[C@@H]5[C@]6(O)O[C@@]4(C[C@]13O)[C@@]5(C)CC[C@H]6O)[C@]2(C)O. The summed E-state index contributed by atoms with van der Waals surface area (Å²) in [7, 11) is 0. The molecule has 7 rings (SSSR count). The van der Waals surface area contributed by atoms with Crippen molar-refractivity contribution in [3.63, 3.8) is 0 Å². The monoisotopic (exact) mass is 509 g/mol. The molecule has 0 radical (unpaired) electrons. The van der Waals surface area contributed by atoms with E-state index >= 15 is 0 Å². The molecule has 4 saturated carbocycles. The van der Waals surface area contributed by atoms with Gasteiger partial charge in [0.05, 0.1) is 11.7 Å². The number of nitrogens with zero attached hydrogens (tertiary/aromatic N) is 1. The third-order valence-corrected chi connectivity index (χ3v) is 13.1. The van der Waals surface area contributed by atoms with Gasteiger partial charge in [-0.2, -0.15) is 0 Å². The molecule has 9 heteroatoms. The Labute approximate surface area is 212 Å². The zero-order chi connectivity index (χ0) is 25.9. The first-order chi connectivity index (χ1) is 16.6. The Balaban J connectivity index is 1.39. The Kier molecular flexibility index (Phi) is 4.57. The molecule has 4 bridgehead atoms. The highest BCUT2D eigenvalue weighted by molar-refractivity contribution is 5.37.